The van der Waals surface area contributed by atoms with Crippen LogP contribution in [0, 0.1) is 24.2 Å². The van der Waals surface area contributed by atoms with Crippen molar-refractivity contribution in [3.8, 4) is 18.1 Å². The van der Waals surface area contributed by atoms with Crippen molar-refractivity contribution in [1.82, 2.24) is 0 Å². The lowest BCUT2D eigenvalue weighted by Gasteiger charge is -2.36. The molecule has 1 aliphatic heterocycles. The van der Waals surface area contributed by atoms with Crippen LogP contribution in [0.5, 0.6) is 5.75 Å². The van der Waals surface area contributed by atoms with Gasteiger partial charge in [-0.25, -0.2) is 0 Å². The van der Waals surface area contributed by atoms with Crippen LogP contribution in [-0.4, -0.2) is 19.8 Å². The van der Waals surface area contributed by atoms with E-state index in [0.717, 1.165) is 11.3 Å². The Balaban J connectivity index is 2.10. The highest BCUT2D eigenvalue weighted by molar-refractivity contribution is 5.28. The van der Waals surface area contributed by atoms with Gasteiger partial charge in [0.1, 0.15) is 5.75 Å². The molecule has 19 heavy (non-hydrogen) atoms. The molecule has 0 saturated carbocycles. The van der Waals surface area contributed by atoms with E-state index in [1.807, 2.05) is 31.2 Å². The molecule has 0 radical (unpaired) electrons. The SMILES string of the molecule is C#C[C@H](C)[C@@H]1O[C@H](c2ccc(OC)cc2)OC[C@@H]1C. The van der Waals surface area contributed by atoms with Gasteiger partial charge in [-0.3, -0.25) is 0 Å². The number of methoxy groups -OCH3 is 1. The van der Waals surface area contributed by atoms with Crippen molar-refractivity contribution >= 4 is 0 Å². The minimum absolute atomic E-state index is 0.0332. The van der Waals surface area contributed by atoms with Gasteiger partial charge >= 0.3 is 0 Å². The van der Waals surface area contributed by atoms with Gasteiger partial charge in [-0.2, -0.15) is 0 Å². The lowest BCUT2D eigenvalue weighted by Crippen LogP contribution is -2.38. The molecular formula is C16H20O3. The molecule has 0 spiro atoms. The molecule has 1 heterocycles. The van der Waals surface area contributed by atoms with E-state index in [-0.39, 0.29) is 18.3 Å². The maximum atomic E-state index is 6.01. The molecule has 1 aliphatic rings. The largest absolute Gasteiger partial charge is 0.497 e. The monoisotopic (exact) mass is 260 g/mol. The number of hydrogen-bond acceptors (Lipinski definition) is 3. The zero-order chi connectivity index (χ0) is 13.8. The van der Waals surface area contributed by atoms with Gasteiger partial charge in [0.2, 0.25) is 0 Å². The summed E-state index contributed by atoms with van der Waals surface area (Å²) in [5.74, 6) is 3.96. The van der Waals surface area contributed by atoms with Gasteiger partial charge in [-0.15, -0.1) is 12.3 Å². The van der Waals surface area contributed by atoms with E-state index >= 15 is 0 Å². The van der Waals surface area contributed by atoms with Crippen LogP contribution in [0.1, 0.15) is 25.7 Å². The van der Waals surface area contributed by atoms with Crippen molar-refractivity contribution in [2.75, 3.05) is 13.7 Å². The van der Waals surface area contributed by atoms with Crippen molar-refractivity contribution < 1.29 is 14.2 Å². The molecule has 1 fully saturated rings. The highest BCUT2D eigenvalue weighted by Gasteiger charge is 2.32. The molecule has 0 unspecified atom stereocenters. The number of hydrogen-bond donors (Lipinski definition) is 0. The van der Waals surface area contributed by atoms with Crippen LogP contribution in [0.3, 0.4) is 0 Å². The zero-order valence-electron chi connectivity index (χ0n) is 11.6. The highest BCUT2D eigenvalue weighted by Crippen LogP contribution is 2.32. The van der Waals surface area contributed by atoms with Crippen LogP contribution in [0.4, 0.5) is 0 Å². The lowest BCUT2D eigenvalue weighted by molar-refractivity contribution is -0.245. The van der Waals surface area contributed by atoms with Gasteiger partial charge in [-0.05, 0) is 19.1 Å². The summed E-state index contributed by atoms with van der Waals surface area (Å²) < 4.78 is 16.9. The summed E-state index contributed by atoms with van der Waals surface area (Å²) in [6.45, 7) is 4.77. The van der Waals surface area contributed by atoms with Crippen LogP contribution >= 0.6 is 0 Å². The summed E-state index contributed by atoms with van der Waals surface area (Å²) in [6.07, 6.45) is 5.19. The normalized spacial score (nSPS) is 28.4. The van der Waals surface area contributed by atoms with E-state index in [1.165, 1.54) is 0 Å². The Morgan fingerprint density at radius 2 is 2.05 bits per heavy atom. The molecule has 0 amide bonds. The number of benzene rings is 1. The Hall–Kier alpha value is -1.50. The van der Waals surface area contributed by atoms with Crippen molar-refractivity contribution in [3.05, 3.63) is 29.8 Å². The van der Waals surface area contributed by atoms with E-state index < -0.39 is 0 Å². The minimum atomic E-state index is -0.345. The van der Waals surface area contributed by atoms with Crippen LogP contribution in [0.2, 0.25) is 0 Å². The van der Waals surface area contributed by atoms with E-state index in [0.29, 0.717) is 12.5 Å². The Bertz CT molecular complexity index is 446. The molecule has 0 aliphatic carbocycles. The first-order valence-electron chi connectivity index (χ1n) is 6.53. The van der Waals surface area contributed by atoms with Crippen LogP contribution in [-0.2, 0) is 9.47 Å². The molecule has 102 valence electrons. The highest BCUT2D eigenvalue weighted by atomic mass is 16.7. The zero-order valence-corrected chi connectivity index (χ0v) is 11.6. The minimum Gasteiger partial charge on any atom is -0.497 e. The van der Waals surface area contributed by atoms with Crippen molar-refractivity contribution in [2.24, 2.45) is 11.8 Å². The fourth-order valence-corrected chi connectivity index (χ4v) is 2.29. The van der Waals surface area contributed by atoms with Crippen molar-refractivity contribution in [1.29, 1.82) is 0 Å². The molecule has 1 saturated heterocycles. The maximum Gasteiger partial charge on any atom is 0.184 e. The van der Waals surface area contributed by atoms with Crippen molar-refractivity contribution in [3.63, 3.8) is 0 Å². The first-order valence-corrected chi connectivity index (χ1v) is 6.53. The molecule has 3 nitrogen and oxygen atoms in total. The van der Waals surface area contributed by atoms with Gasteiger partial charge < -0.3 is 14.2 Å². The predicted molar refractivity (Wildman–Crippen MR) is 73.7 cm³/mol. The molecule has 1 aromatic carbocycles. The van der Waals surface area contributed by atoms with E-state index in [1.54, 1.807) is 7.11 Å². The smallest absolute Gasteiger partial charge is 0.184 e. The van der Waals surface area contributed by atoms with Gasteiger partial charge in [0.05, 0.1) is 19.8 Å². The topological polar surface area (TPSA) is 27.7 Å². The Kier molecular flexibility index (Phi) is 4.47. The summed E-state index contributed by atoms with van der Waals surface area (Å²) >= 11 is 0. The predicted octanol–water partition coefficient (Wildman–Crippen LogP) is 3.01. The number of terminal acetylenes is 1. The Labute approximate surface area is 114 Å². The molecule has 0 N–H and O–H groups in total. The molecule has 3 heteroatoms. The number of rotatable bonds is 3. The molecular weight excluding hydrogens is 240 g/mol. The van der Waals surface area contributed by atoms with Crippen LogP contribution in [0.15, 0.2) is 24.3 Å². The fraction of sp³-hybridized carbons (Fsp3) is 0.500. The number of ether oxygens (including phenoxy) is 3. The summed E-state index contributed by atoms with van der Waals surface area (Å²) in [5.41, 5.74) is 0.988. The Morgan fingerprint density at radius 1 is 1.37 bits per heavy atom. The molecule has 0 aromatic heterocycles. The molecule has 1 aromatic rings. The molecule has 0 bridgehead atoms. The standard InChI is InChI=1S/C16H20O3/c1-5-11(2)15-12(3)10-18-16(19-15)13-6-8-14(17-4)9-7-13/h1,6-9,11-12,15-16H,10H2,2-4H3/t11-,12-,15-,16+/m0/s1. The van der Waals surface area contributed by atoms with Crippen LogP contribution < -0.4 is 4.74 Å². The quantitative estimate of drug-likeness (QED) is 0.782. The summed E-state index contributed by atoms with van der Waals surface area (Å²) in [4.78, 5) is 0. The van der Waals surface area contributed by atoms with E-state index in [9.17, 15) is 0 Å². The molecule has 4 atom stereocenters. The average Bonchev–Trinajstić information content (AvgIpc) is 2.47. The van der Waals surface area contributed by atoms with Crippen molar-refractivity contribution in [2.45, 2.75) is 26.2 Å². The molecule has 2 rings (SSSR count). The van der Waals surface area contributed by atoms with Gasteiger partial charge in [-0.1, -0.05) is 19.1 Å². The second kappa shape index (κ2) is 6.10. The van der Waals surface area contributed by atoms with Gasteiger partial charge in [0.25, 0.3) is 0 Å². The Morgan fingerprint density at radius 3 is 2.63 bits per heavy atom. The first kappa shape index (κ1) is 13.9. The third kappa shape index (κ3) is 3.09. The summed E-state index contributed by atoms with van der Waals surface area (Å²) in [7, 11) is 1.65. The average molecular weight is 260 g/mol. The van der Waals surface area contributed by atoms with Crippen LogP contribution in [0.25, 0.3) is 0 Å². The lowest BCUT2D eigenvalue weighted by atomic mass is 9.93. The van der Waals surface area contributed by atoms with E-state index in [2.05, 4.69) is 12.8 Å². The summed E-state index contributed by atoms with van der Waals surface area (Å²) in [6, 6.07) is 7.72. The van der Waals surface area contributed by atoms with E-state index in [4.69, 9.17) is 20.6 Å². The van der Waals surface area contributed by atoms with Gasteiger partial charge in [0.15, 0.2) is 6.29 Å². The summed E-state index contributed by atoms with van der Waals surface area (Å²) in [5, 5.41) is 0. The fourth-order valence-electron chi connectivity index (χ4n) is 2.29. The second-order valence-corrected chi connectivity index (χ2v) is 4.97. The third-order valence-electron chi connectivity index (χ3n) is 3.50. The second-order valence-electron chi connectivity index (χ2n) is 4.97. The first-order chi connectivity index (χ1) is 9.15. The third-order valence-corrected chi connectivity index (χ3v) is 3.50. The van der Waals surface area contributed by atoms with Gasteiger partial charge in [0, 0.05) is 17.4 Å². The maximum absolute atomic E-state index is 6.01.